The highest BCUT2D eigenvalue weighted by Gasteiger charge is 2.26. The van der Waals surface area contributed by atoms with Gasteiger partial charge in [0.1, 0.15) is 0 Å². The van der Waals surface area contributed by atoms with Gasteiger partial charge in [-0.15, -0.1) is 11.8 Å². The Morgan fingerprint density at radius 2 is 2.16 bits per heavy atom. The van der Waals surface area contributed by atoms with Crippen LogP contribution in [0, 0.1) is 13.8 Å². The lowest BCUT2D eigenvalue weighted by atomic mass is 10.2. The van der Waals surface area contributed by atoms with Crippen molar-refractivity contribution in [2.45, 2.75) is 31.2 Å². The zero-order chi connectivity index (χ0) is 13.9. The molecule has 1 aromatic carbocycles. The van der Waals surface area contributed by atoms with Crippen LogP contribution in [0.5, 0.6) is 0 Å². The van der Waals surface area contributed by atoms with Crippen LogP contribution in [0.4, 0.5) is 0 Å². The van der Waals surface area contributed by atoms with Crippen molar-refractivity contribution in [3.63, 3.8) is 0 Å². The summed E-state index contributed by atoms with van der Waals surface area (Å²) < 4.78 is 22.7. The molecule has 0 saturated carbocycles. The summed E-state index contributed by atoms with van der Waals surface area (Å²) in [5, 5.41) is 3.34. The number of hydrogen-bond acceptors (Lipinski definition) is 4. The van der Waals surface area contributed by atoms with E-state index in [2.05, 4.69) is 37.4 Å². The average molecular weight is 299 g/mol. The maximum Gasteiger partial charge on any atom is 0.151 e. The second kappa shape index (κ2) is 6.29. The van der Waals surface area contributed by atoms with Gasteiger partial charge in [0, 0.05) is 23.2 Å². The van der Waals surface area contributed by atoms with Gasteiger partial charge in [0.05, 0.1) is 11.5 Å². The Bertz CT molecular complexity index is 540. The van der Waals surface area contributed by atoms with Crippen LogP contribution in [0.15, 0.2) is 23.1 Å². The number of hydrogen-bond donors (Lipinski definition) is 1. The van der Waals surface area contributed by atoms with Crippen LogP contribution in [-0.2, 0) is 9.84 Å². The highest BCUT2D eigenvalue weighted by molar-refractivity contribution is 7.99. The van der Waals surface area contributed by atoms with Gasteiger partial charge in [0.25, 0.3) is 0 Å². The molecule has 19 heavy (non-hydrogen) atoms. The molecule has 1 saturated heterocycles. The molecule has 0 spiro atoms. The fourth-order valence-electron chi connectivity index (χ4n) is 2.24. The first-order chi connectivity index (χ1) is 8.96. The first kappa shape index (κ1) is 14.9. The molecule has 1 atom stereocenters. The van der Waals surface area contributed by atoms with Crippen molar-refractivity contribution in [2.24, 2.45) is 0 Å². The third kappa shape index (κ3) is 4.51. The Hall–Kier alpha value is -0.520. The third-order valence-electron chi connectivity index (χ3n) is 3.37. The zero-order valence-electron chi connectivity index (χ0n) is 11.5. The lowest BCUT2D eigenvalue weighted by molar-refractivity contribution is 0.575. The minimum absolute atomic E-state index is 0.157. The van der Waals surface area contributed by atoms with E-state index in [-0.39, 0.29) is 6.04 Å². The predicted molar refractivity (Wildman–Crippen MR) is 81.7 cm³/mol. The molecule has 3 nitrogen and oxygen atoms in total. The summed E-state index contributed by atoms with van der Waals surface area (Å²) >= 11 is 1.83. The molecule has 0 aromatic heterocycles. The third-order valence-corrected chi connectivity index (χ3v) is 6.30. The van der Waals surface area contributed by atoms with Gasteiger partial charge in [-0.1, -0.05) is 17.7 Å². The van der Waals surface area contributed by atoms with E-state index in [1.807, 2.05) is 11.8 Å². The largest absolute Gasteiger partial charge is 0.312 e. The Morgan fingerprint density at radius 1 is 1.37 bits per heavy atom. The van der Waals surface area contributed by atoms with Gasteiger partial charge >= 0.3 is 0 Å². The average Bonchev–Trinajstić information content (AvgIpc) is 2.69. The van der Waals surface area contributed by atoms with E-state index in [1.165, 1.54) is 16.0 Å². The Morgan fingerprint density at radius 3 is 2.84 bits per heavy atom. The number of rotatable bonds is 5. The van der Waals surface area contributed by atoms with Crippen LogP contribution >= 0.6 is 11.8 Å². The SMILES string of the molecule is Cc1ccc(C)c(SCCNC2CCS(=O)(=O)C2)c1. The second-order valence-corrected chi connectivity index (χ2v) is 8.54. The highest BCUT2D eigenvalue weighted by atomic mass is 32.2. The first-order valence-electron chi connectivity index (χ1n) is 6.60. The van der Waals surface area contributed by atoms with Crippen molar-refractivity contribution in [1.29, 1.82) is 0 Å². The van der Waals surface area contributed by atoms with Gasteiger partial charge in [0.2, 0.25) is 0 Å². The monoisotopic (exact) mass is 299 g/mol. The van der Waals surface area contributed by atoms with Gasteiger partial charge in [-0.3, -0.25) is 0 Å². The van der Waals surface area contributed by atoms with Crippen LogP contribution in [-0.4, -0.2) is 38.3 Å². The molecule has 1 aromatic rings. The lowest BCUT2D eigenvalue weighted by Crippen LogP contribution is -2.31. The smallest absolute Gasteiger partial charge is 0.151 e. The van der Waals surface area contributed by atoms with Crippen LogP contribution in [0.2, 0.25) is 0 Å². The van der Waals surface area contributed by atoms with Crippen molar-refractivity contribution in [3.05, 3.63) is 29.3 Å². The Labute approximate surface area is 120 Å². The second-order valence-electron chi connectivity index (χ2n) is 5.17. The summed E-state index contributed by atoms with van der Waals surface area (Å²) in [7, 11) is -2.77. The summed E-state index contributed by atoms with van der Waals surface area (Å²) in [6.45, 7) is 5.09. The number of nitrogens with one attached hydrogen (secondary N) is 1. The van der Waals surface area contributed by atoms with E-state index < -0.39 is 9.84 Å². The van der Waals surface area contributed by atoms with Crippen molar-refractivity contribution < 1.29 is 8.42 Å². The topological polar surface area (TPSA) is 46.2 Å². The fraction of sp³-hybridized carbons (Fsp3) is 0.571. The lowest BCUT2D eigenvalue weighted by Gasteiger charge is -2.11. The van der Waals surface area contributed by atoms with Crippen molar-refractivity contribution in [2.75, 3.05) is 23.8 Å². The van der Waals surface area contributed by atoms with Crippen molar-refractivity contribution in [3.8, 4) is 0 Å². The van der Waals surface area contributed by atoms with Crippen molar-refractivity contribution in [1.82, 2.24) is 5.32 Å². The van der Waals surface area contributed by atoms with Crippen molar-refractivity contribution >= 4 is 21.6 Å². The molecule has 0 amide bonds. The van der Waals surface area contributed by atoms with Gasteiger partial charge in [-0.05, 0) is 31.9 Å². The van der Waals surface area contributed by atoms with E-state index in [9.17, 15) is 8.42 Å². The molecule has 2 rings (SSSR count). The van der Waals surface area contributed by atoms with Crippen LogP contribution in [0.1, 0.15) is 17.5 Å². The molecular formula is C14H21NO2S2. The fourth-order valence-corrected chi connectivity index (χ4v) is 4.96. The van der Waals surface area contributed by atoms with Gasteiger partial charge in [-0.2, -0.15) is 0 Å². The maximum atomic E-state index is 11.3. The quantitative estimate of drug-likeness (QED) is 0.668. The minimum atomic E-state index is -2.77. The normalized spacial score (nSPS) is 21.7. The summed E-state index contributed by atoms with van der Waals surface area (Å²) in [5.74, 6) is 1.62. The van der Waals surface area contributed by atoms with Gasteiger partial charge in [0.15, 0.2) is 9.84 Å². The van der Waals surface area contributed by atoms with Crippen LogP contribution in [0.25, 0.3) is 0 Å². The van der Waals surface area contributed by atoms with E-state index in [0.717, 1.165) is 18.7 Å². The molecule has 1 fully saturated rings. The first-order valence-corrected chi connectivity index (χ1v) is 9.41. The molecule has 1 heterocycles. The van der Waals surface area contributed by atoms with E-state index in [0.29, 0.717) is 11.5 Å². The molecule has 1 aliphatic heterocycles. The minimum Gasteiger partial charge on any atom is -0.312 e. The number of aryl methyl sites for hydroxylation is 2. The van der Waals surface area contributed by atoms with E-state index >= 15 is 0 Å². The number of thioether (sulfide) groups is 1. The summed E-state index contributed by atoms with van der Waals surface area (Å²) in [6.07, 6.45) is 0.760. The Balaban J connectivity index is 1.74. The maximum absolute atomic E-state index is 11.3. The molecule has 1 aliphatic rings. The molecule has 106 valence electrons. The Kier molecular flexibility index (Phi) is 4.92. The van der Waals surface area contributed by atoms with E-state index in [1.54, 1.807) is 0 Å². The molecule has 0 bridgehead atoms. The molecule has 0 aliphatic carbocycles. The van der Waals surface area contributed by atoms with E-state index in [4.69, 9.17) is 0 Å². The summed E-state index contributed by atoms with van der Waals surface area (Å²) in [4.78, 5) is 1.32. The van der Waals surface area contributed by atoms with Crippen LogP contribution in [0.3, 0.4) is 0 Å². The molecule has 5 heteroatoms. The molecule has 0 radical (unpaired) electrons. The summed E-state index contributed by atoms with van der Waals surface area (Å²) in [6, 6.07) is 6.64. The predicted octanol–water partition coefficient (Wildman–Crippen LogP) is 2.17. The molecular weight excluding hydrogens is 278 g/mol. The van der Waals surface area contributed by atoms with Gasteiger partial charge in [-0.25, -0.2) is 8.42 Å². The molecule has 1 unspecified atom stereocenters. The number of benzene rings is 1. The van der Waals surface area contributed by atoms with Gasteiger partial charge < -0.3 is 5.32 Å². The summed E-state index contributed by atoms with van der Waals surface area (Å²) in [5.41, 5.74) is 2.59. The number of sulfone groups is 1. The van der Waals surface area contributed by atoms with Crippen LogP contribution < -0.4 is 5.32 Å². The standard InChI is InChI=1S/C14H21NO2S2/c1-11-3-4-12(2)14(9-11)18-7-6-15-13-5-8-19(16,17)10-13/h3-4,9,13,15H,5-8,10H2,1-2H3. The molecule has 1 N–H and O–H groups in total. The zero-order valence-corrected chi connectivity index (χ0v) is 13.1. The highest BCUT2D eigenvalue weighted by Crippen LogP contribution is 2.23.